The van der Waals surface area contributed by atoms with Crippen LogP contribution in [0, 0.1) is 5.92 Å². The third-order valence-electron chi connectivity index (χ3n) is 4.91. The maximum atomic E-state index is 11.5. The number of rotatable bonds is 8. The number of aromatic nitrogens is 2. The Morgan fingerprint density at radius 2 is 2.17 bits per heavy atom. The van der Waals surface area contributed by atoms with Crippen LogP contribution < -0.4 is 4.72 Å². The summed E-state index contributed by atoms with van der Waals surface area (Å²) < 4.78 is 27.6. The lowest BCUT2D eigenvalue weighted by Crippen LogP contribution is -2.43. The lowest BCUT2D eigenvalue weighted by molar-refractivity contribution is 0.0895. The molecule has 0 radical (unpaired) electrons. The van der Waals surface area contributed by atoms with Crippen molar-refractivity contribution in [2.45, 2.75) is 25.8 Å². The van der Waals surface area contributed by atoms with Gasteiger partial charge in [-0.1, -0.05) is 0 Å². The first-order valence-corrected chi connectivity index (χ1v) is 10.3. The van der Waals surface area contributed by atoms with Gasteiger partial charge in [0, 0.05) is 32.9 Å². The summed E-state index contributed by atoms with van der Waals surface area (Å²) in [6.45, 7) is 4.89. The molecule has 1 aliphatic heterocycles. The van der Waals surface area contributed by atoms with E-state index in [0.29, 0.717) is 18.5 Å². The van der Waals surface area contributed by atoms with Crippen LogP contribution in [0.2, 0.25) is 0 Å². The zero-order chi connectivity index (χ0) is 17.7. The second-order valence-electron chi connectivity index (χ2n) is 6.77. The Hall–Kier alpha value is -0.960. The predicted molar refractivity (Wildman–Crippen MR) is 96.3 cm³/mol. The molecule has 1 fully saturated rings. The third kappa shape index (κ3) is 5.02. The zero-order valence-electron chi connectivity index (χ0n) is 15.3. The Bertz CT molecular complexity index is 616. The van der Waals surface area contributed by atoms with Crippen molar-refractivity contribution in [3.63, 3.8) is 0 Å². The molecular weight excluding hydrogens is 326 g/mol. The molecule has 8 heteroatoms. The van der Waals surface area contributed by atoms with Crippen LogP contribution in [-0.4, -0.2) is 74.0 Å². The van der Waals surface area contributed by atoms with Crippen molar-refractivity contribution in [3.05, 3.63) is 18.0 Å². The minimum absolute atomic E-state index is 0.132. The lowest BCUT2D eigenvalue weighted by atomic mass is 9.87. The molecule has 0 aromatic carbocycles. The van der Waals surface area contributed by atoms with Gasteiger partial charge in [0.25, 0.3) is 0 Å². The molecule has 2 rings (SSSR count). The molecule has 1 aromatic rings. The van der Waals surface area contributed by atoms with Gasteiger partial charge in [0.05, 0.1) is 17.5 Å². The Morgan fingerprint density at radius 1 is 1.42 bits per heavy atom. The highest BCUT2D eigenvalue weighted by molar-refractivity contribution is 7.89. The first-order chi connectivity index (χ1) is 11.3. The van der Waals surface area contributed by atoms with E-state index in [4.69, 9.17) is 0 Å². The molecule has 2 atom stereocenters. The molecule has 0 amide bonds. The van der Waals surface area contributed by atoms with Crippen LogP contribution in [0.25, 0.3) is 0 Å². The summed E-state index contributed by atoms with van der Waals surface area (Å²) >= 11 is 0. The highest BCUT2D eigenvalue weighted by Gasteiger charge is 2.32. The fraction of sp³-hybridized carbons (Fsp3) is 0.812. The molecule has 1 saturated heterocycles. The average Bonchev–Trinajstić information content (AvgIpc) is 2.93. The number of aryl methyl sites for hydroxylation is 1. The van der Waals surface area contributed by atoms with Gasteiger partial charge in [0.15, 0.2) is 0 Å². The van der Waals surface area contributed by atoms with Crippen LogP contribution in [0.4, 0.5) is 0 Å². The Kier molecular flexibility index (Phi) is 6.79. The average molecular weight is 358 g/mol. The summed E-state index contributed by atoms with van der Waals surface area (Å²) in [6, 6.07) is 2.47. The molecule has 24 heavy (non-hydrogen) atoms. The number of nitrogens with one attached hydrogen (secondary N) is 1. The zero-order valence-corrected chi connectivity index (χ0v) is 16.1. The van der Waals surface area contributed by atoms with Crippen molar-refractivity contribution in [1.29, 1.82) is 0 Å². The van der Waals surface area contributed by atoms with Gasteiger partial charge in [-0.05, 0) is 52.4 Å². The first-order valence-electron chi connectivity index (χ1n) is 8.68. The van der Waals surface area contributed by atoms with Crippen molar-refractivity contribution in [1.82, 2.24) is 24.3 Å². The molecule has 0 spiro atoms. The summed E-state index contributed by atoms with van der Waals surface area (Å²) in [4.78, 5) is 4.64. The molecule has 1 aromatic heterocycles. The van der Waals surface area contributed by atoms with E-state index in [1.807, 2.05) is 17.9 Å². The van der Waals surface area contributed by atoms with E-state index in [2.05, 4.69) is 39.8 Å². The summed E-state index contributed by atoms with van der Waals surface area (Å²) in [5.41, 5.74) is 1.25. The Morgan fingerprint density at radius 3 is 2.79 bits per heavy atom. The van der Waals surface area contributed by atoms with E-state index in [1.54, 1.807) is 6.92 Å². The Balaban J connectivity index is 1.94. The van der Waals surface area contributed by atoms with Crippen molar-refractivity contribution >= 4 is 10.0 Å². The van der Waals surface area contributed by atoms with Gasteiger partial charge < -0.3 is 4.90 Å². The topological polar surface area (TPSA) is 70.5 Å². The smallest absolute Gasteiger partial charge is 0.211 e. The molecule has 7 nitrogen and oxygen atoms in total. The molecule has 0 saturated carbocycles. The molecule has 0 bridgehead atoms. The van der Waals surface area contributed by atoms with Gasteiger partial charge in [-0.3, -0.25) is 9.58 Å². The normalized spacial score (nSPS) is 23.0. The highest BCUT2D eigenvalue weighted by Crippen LogP contribution is 2.35. The van der Waals surface area contributed by atoms with E-state index in [-0.39, 0.29) is 5.75 Å². The van der Waals surface area contributed by atoms with E-state index in [9.17, 15) is 8.42 Å². The van der Waals surface area contributed by atoms with Crippen LogP contribution in [0.5, 0.6) is 0 Å². The lowest BCUT2D eigenvalue weighted by Gasteiger charge is -2.40. The molecule has 0 unspecified atom stereocenters. The maximum Gasteiger partial charge on any atom is 0.211 e. The van der Waals surface area contributed by atoms with Crippen LogP contribution in [0.1, 0.15) is 31.5 Å². The van der Waals surface area contributed by atoms with Crippen molar-refractivity contribution in [3.8, 4) is 0 Å². The number of likely N-dealkylation sites (N-methyl/N-ethyl adjacent to an activating group) is 1. The number of piperidine rings is 1. The van der Waals surface area contributed by atoms with Crippen LogP contribution in [0.3, 0.4) is 0 Å². The molecule has 0 aliphatic carbocycles. The second kappa shape index (κ2) is 8.42. The van der Waals surface area contributed by atoms with Gasteiger partial charge in [-0.25, -0.2) is 13.1 Å². The molecular formula is C16H31N5O2S. The van der Waals surface area contributed by atoms with Crippen LogP contribution in [-0.2, 0) is 17.1 Å². The number of likely N-dealkylation sites (tertiary alicyclic amines) is 1. The van der Waals surface area contributed by atoms with Crippen LogP contribution in [0.15, 0.2) is 12.3 Å². The SMILES string of the molecule is CCS(=O)(=O)NCCN(C)C[C@@H]1CCCN(C)[C@H]1c1ccnn1C. The molecule has 1 aliphatic rings. The highest BCUT2D eigenvalue weighted by atomic mass is 32.2. The van der Waals surface area contributed by atoms with Gasteiger partial charge in [0.2, 0.25) is 10.0 Å². The van der Waals surface area contributed by atoms with Gasteiger partial charge >= 0.3 is 0 Å². The maximum absolute atomic E-state index is 11.5. The van der Waals surface area contributed by atoms with E-state index < -0.39 is 10.0 Å². The summed E-state index contributed by atoms with van der Waals surface area (Å²) in [5.74, 6) is 0.652. The predicted octanol–water partition coefficient (Wildman–Crippen LogP) is 0.674. The minimum Gasteiger partial charge on any atom is -0.305 e. The van der Waals surface area contributed by atoms with Crippen molar-refractivity contribution in [2.75, 3.05) is 46.0 Å². The third-order valence-corrected chi connectivity index (χ3v) is 6.31. The monoisotopic (exact) mass is 357 g/mol. The van der Waals surface area contributed by atoms with Crippen molar-refractivity contribution < 1.29 is 8.42 Å². The summed E-state index contributed by atoms with van der Waals surface area (Å²) in [5, 5.41) is 4.33. The van der Waals surface area contributed by atoms with Gasteiger partial charge in [-0.15, -0.1) is 0 Å². The molecule has 2 heterocycles. The fourth-order valence-electron chi connectivity index (χ4n) is 3.58. The van der Waals surface area contributed by atoms with E-state index in [0.717, 1.165) is 19.6 Å². The Labute approximate surface area is 146 Å². The summed E-state index contributed by atoms with van der Waals surface area (Å²) in [6.07, 6.45) is 4.25. The van der Waals surface area contributed by atoms with Crippen LogP contribution >= 0.6 is 0 Å². The van der Waals surface area contributed by atoms with Gasteiger partial charge in [-0.2, -0.15) is 5.10 Å². The standard InChI is InChI=1S/C16H31N5O2S/c1-5-24(22,23)18-10-12-19(2)13-14-7-6-11-20(3)16(14)15-8-9-17-21(15)4/h8-9,14,16,18H,5-7,10-13H2,1-4H3/t14-,16+/m0/s1. The van der Waals surface area contributed by atoms with E-state index >= 15 is 0 Å². The molecule has 1 N–H and O–H groups in total. The number of nitrogens with zero attached hydrogens (tertiary/aromatic N) is 4. The molecule has 138 valence electrons. The van der Waals surface area contributed by atoms with Crippen molar-refractivity contribution in [2.24, 2.45) is 13.0 Å². The minimum atomic E-state index is -3.11. The second-order valence-corrected chi connectivity index (χ2v) is 8.86. The van der Waals surface area contributed by atoms with Gasteiger partial charge in [0.1, 0.15) is 0 Å². The number of hydrogen-bond donors (Lipinski definition) is 1. The first kappa shape index (κ1) is 19.4. The van der Waals surface area contributed by atoms with E-state index in [1.165, 1.54) is 18.5 Å². The number of hydrogen-bond acceptors (Lipinski definition) is 5. The largest absolute Gasteiger partial charge is 0.305 e. The quantitative estimate of drug-likeness (QED) is 0.741. The summed E-state index contributed by atoms with van der Waals surface area (Å²) in [7, 11) is 3.14. The number of sulfonamides is 1. The fourth-order valence-corrected chi connectivity index (χ4v) is 4.18.